The van der Waals surface area contributed by atoms with Crippen LogP contribution in [0.2, 0.25) is 0 Å². The van der Waals surface area contributed by atoms with Crippen molar-refractivity contribution >= 4 is 29.9 Å². The summed E-state index contributed by atoms with van der Waals surface area (Å²) in [6.07, 6.45) is 5.01. The summed E-state index contributed by atoms with van der Waals surface area (Å²) < 4.78 is 0. The van der Waals surface area contributed by atoms with Crippen LogP contribution in [0, 0.1) is 0 Å². The highest BCUT2D eigenvalue weighted by atomic mass is 127. The highest BCUT2D eigenvalue weighted by Gasteiger charge is 2.34. The lowest BCUT2D eigenvalue weighted by atomic mass is 9.80. The molecule has 0 aromatic heterocycles. The molecule has 0 unspecified atom stereocenters. The van der Waals surface area contributed by atoms with Gasteiger partial charge in [-0.25, -0.2) is 0 Å². The predicted molar refractivity (Wildman–Crippen MR) is 103 cm³/mol. The van der Waals surface area contributed by atoms with Crippen LogP contribution >= 0.6 is 24.0 Å². The van der Waals surface area contributed by atoms with Crippen LogP contribution in [0.4, 0.5) is 0 Å². The van der Waals surface area contributed by atoms with Crippen molar-refractivity contribution in [1.82, 2.24) is 10.6 Å². The largest absolute Gasteiger partial charge is 0.388 e. The number of aliphatic hydroxyl groups is 1. The first-order chi connectivity index (χ1) is 10.2. The maximum Gasteiger partial charge on any atom is 0.191 e. The molecule has 0 spiro atoms. The molecule has 1 saturated carbocycles. The summed E-state index contributed by atoms with van der Waals surface area (Å²) >= 11 is 0. The van der Waals surface area contributed by atoms with Gasteiger partial charge in [-0.2, -0.15) is 0 Å². The van der Waals surface area contributed by atoms with Crippen molar-refractivity contribution in [3.05, 3.63) is 35.9 Å². The molecule has 5 heteroatoms. The second-order valence-electron chi connectivity index (χ2n) is 5.79. The van der Waals surface area contributed by atoms with Crippen molar-refractivity contribution in [3.8, 4) is 0 Å². The molecule has 0 radical (unpaired) electrons. The number of rotatable bonds is 7. The molecule has 0 saturated heterocycles. The molecule has 124 valence electrons. The number of aliphatic imine (C=N–C) groups is 1. The van der Waals surface area contributed by atoms with E-state index in [-0.39, 0.29) is 24.0 Å². The van der Waals surface area contributed by atoms with Crippen LogP contribution in [-0.4, -0.2) is 36.3 Å². The molecule has 22 heavy (non-hydrogen) atoms. The van der Waals surface area contributed by atoms with E-state index in [4.69, 9.17) is 0 Å². The molecular weight excluding hydrogens is 389 g/mol. The van der Waals surface area contributed by atoms with E-state index in [1.807, 2.05) is 6.07 Å². The average molecular weight is 417 g/mol. The van der Waals surface area contributed by atoms with Gasteiger partial charge in [0.2, 0.25) is 0 Å². The number of guanidine groups is 1. The van der Waals surface area contributed by atoms with E-state index in [1.54, 1.807) is 0 Å². The van der Waals surface area contributed by atoms with Crippen LogP contribution in [0.3, 0.4) is 0 Å². The van der Waals surface area contributed by atoms with E-state index < -0.39 is 5.60 Å². The Balaban J connectivity index is 0.00000242. The molecule has 4 nitrogen and oxygen atoms in total. The van der Waals surface area contributed by atoms with Crippen molar-refractivity contribution < 1.29 is 5.11 Å². The maximum atomic E-state index is 10.1. The third kappa shape index (κ3) is 6.52. The Hall–Kier alpha value is -0.820. The highest BCUT2D eigenvalue weighted by Crippen LogP contribution is 2.31. The van der Waals surface area contributed by atoms with Gasteiger partial charge in [-0.15, -0.1) is 24.0 Å². The molecule has 1 aliphatic carbocycles. The molecular formula is C17H28IN3O. The topological polar surface area (TPSA) is 56.7 Å². The first-order valence-corrected chi connectivity index (χ1v) is 8.00. The zero-order valence-corrected chi connectivity index (χ0v) is 15.7. The minimum absolute atomic E-state index is 0. The zero-order valence-electron chi connectivity index (χ0n) is 13.3. The monoisotopic (exact) mass is 417 g/mol. The van der Waals surface area contributed by atoms with Crippen LogP contribution < -0.4 is 10.6 Å². The van der Waals surface area contributed by atoms with E-state index in [1.165, 1.54) is 5.56 Å². The van der Waals surface area contributed by atoms with E-state index in [0.717, 1.165) is 51.2 Å². The molecule has 0 aliphatic heterocycles. The van der Waals surface area contributed by atoms with Gasteiger partial charge in [0.1, 0.15) is 0 Å². The number of halogens is 1. The van der Waals surface area contributed by atoms with Crippen LogP contribution in [0.5, 0.6) is 0 Å². The Bertz CT molecular complexity index is 446. The Morgan fingerprint density at radius 2 is 1.95 bits per heavy atom. The Morgan fingerprint density at radius 3 is 2.55 bits per heavy atom. The van der Waals surface area contributed by atoms with Crippen LogP contribution in [-0.2, 0) is 6.42 Å². The van der Waals surface area contributed by atoms with Crippen LogP contribution in [0.1, 0.15) is 38.2 Å². The van der Waals surface area contributed by atoms with Gasteiger partial charge in [-0.1, -0.05) is 30.3 Å². The van der Waals surface area contributed by atoms with Gasteiger partial charge < -0.3 is 15.7 Å². The second kappa shape index (κ2) is 10.0. The number of nitrogens with one attached hydrogen (secondary N) is 2. The van der Waals surface area contributed by atoms with Crippen LogP contribution in [0.25, 0.3) is 0 Å². The number of aryl methyl sites for hydroxylation is 1. The molecule has 1 aromatic rings. The number of nitrogens with zero attached hydrogens (tertiary/aromatic N) is 1. The smallest absolute Gasteiger partial charge is 0.191 e. The first kappa shape index (κ1) is 19.2. The summed E-state index contributed by atoms with van der Waals surface area (Å²) in [4.78, 5) is 4.50. The van der Waals surface area contributed by atoms with Crippen LogP contribution in [0.15, 0.2) is 35.3 Å². The van der Waals surface area contributed by atoms with Gasteiger partial charge in [-0.3, -0.25) is 4.99 Å². The zero-order chi connectivity index (χ0) is 15.0. The standard InChI is InChI=1S/C17H27N3O.HI/c1-2-18-16(20-14-17(21)11-7-12-17)19-13-6-10-15-8-4-3-5-9-15;/h3-5,8-9,21H,2,6-7,10-14H2,1H3,(H2,18,19,20);1H. The summed E-state index contributed by atoms with van der Waals surface area (Å²) in [5.74, 6) is 0.811. The van der Waals surface area contributed by atoms with Gasteiger partial charge in [-0.05, 0) is 44.6 Å². The van der Waals surface area contributed by atoms with E-state index in [0.29, 0.717) is 6.54 Å². The summed E-state index contributed by atoms with van der Waals surface area (Å²) in [6, 6.07) is 10.5. The second-order valence-corrected chi connectivity index (χ2v) is 5.79. The van der Waals surface area contributed by atoms with E-state index in [2.05, 4.69) is 46.8 Å². The normalized spacial score (nSPS) is 16.4. The van der Waals surface area contributed by atoms with Gasteiger partial charge in [0, 0.05) is 13.1 Å². The molecule has 1 aromatic carbocycles. The lowest BCUT2D eigenvalue weighted by molar-refractivity contribution is -0.0236. The summed E-state index contributed by atoms with van der Waals surface area (Å²) in [5, 5.41) is 16.7. The van der Waals surface area contributed by atoms with E-state index in [9.17, 15) is 5.11 Å². The van der Waals surface area contributed by atoms with Gasteiger partial charge in [0.25, 0.3) is 0 Å². The summed E-state index contributed by atoms with van der Waals surface area (Å²) in [7, 11) is 0. The number of hydrogen-bond donors (Lipinski definition) is 3. The van der Waals surface area contributed by atoms with Crippen molar-refractivity contribution in [2.45, 2.75) is 44.6 Å². The van der Waals surface area contributed by atoms with Crippen molar-refractivity contribution in [2.24, 2.45) is 4.99 Å². The molecule has 1 fully saturated rings. The quantitative estimate of drug-likeness (QED) is 0.277. The summed E-state index contributed by atoms with van der Waals surface area (Å²) in [5.41, 5.74) is 0.817. The molecule has 0 amide bonds. The Labute approximate surface area is 150 Å². The molecule has 3 N–H and O–H groups in total. The molecule has 1 aliphatic rings. The fourth-order valence-electron chi connectivity index (χ4n) is 2.45. The van der Waals surface area contributed by atoms with Crippen molar-refractivity contribution in [1.29, 1.82) is 0 Å². The highest BCUT2D eigenvalue weighted by molar-refractivity contribution is 14.0. The van der Waals surface area contributed by atoms with Crippen molar-refractivity contribution in [3.63, 3.8) is 0 Å². The number of benzene rings is 1. The molecule has 0 bridgehead atoms. The predicted octanol–water partition coefficient (Wildman–Crippen LogP) is 2.71. The third-order valence-electron chi connectivity index (χ3n) is 3.94. The van der Waals surface area contributed by atoms with Gasteiger partial charge in [0.05, 0.1) is 12.1 Å². The SMILES string of the molecule is CCNC(=NCC1(O)CCC1)NCCCc1ccccc1.I. The minimum Gasteiger partial charge on any atom is -0.388 e. The summed E-state index contributed by atoms with van der Waals surface area (Å²) in [6.45, 7) is 4.28. The Kier molecular flexibility index (Phi) is 8.78. The lowest BCUT2D eigenvalue weighted by Gasteiger charge is -2.35. The lowest BCUT2D eigenvalue weighted by Crippen LogP contribution is -2.43. The fourth-order valence-corrected chi connectivity index (χ4v) is 2.45. The molecule has 0 heterocycles. The fraction of sp³-hybridized carbons (Fsp3) is 0.588. The van der Waals surface area contributed by atoms with Gasteiger partial charge >= 0.3 is 0 Å². The minimum atomic E-state index is -0.549. The maximum absolute atomic E-state index is 10.1. The third-order valence-corrected chi connectivity index (χ3v) is 3.94. The molecule has 0 atom stereocenters. The van der Waals surface area contributed by atoms with Gasteiger partial charge in [0.15, 0.2) is 5.96 Å². The van der Waals surface area contributed by atoms with E-state index >= 15 is 0 Å². The van der Waals surface area contributed by atoms with Crippen molar-refractivity contribution in [2.75, 3.05) is 19.6 Å². The number of hydrogen-bond acceptors (Lipinski definition) is 2. The first-order valence-electron chi connectivity index (χ1n) is 8.00. The Morgan fingerprint density at radius 1 is 1.23 bits per heavy atom. The average Bonchev–Trinajstić information content (AvgIpc) is 2.48. The molecule has 2 rings (SSSR count).